The molecule has 0 bridgehead atoms. The van der Waals surface area contributed by atoms with Crippen LogP contribution >= 0.6 is 15.9 Å². The molecule has 0 aliphatic rings. The molecule has 0 heterocycles. The SMILES string of the molecule is CCC(CC)(CNC(=O)NCc1ccc(Br)cc1)C(=O)O. The van der Waals surface area contributed by atoms with Crippen molar-refractivity contribution >= 4 is 27.9 Å². The number of hydrogen-bond donors (Lipinski definition) is 3. The number of carbonyl (C=O) groups excluding carboxylic acids is 1. The van der Waals surface area contributed by atoms with Gasteiger partial charge in [-0.05, 0) is 30.5 Å². The predicted molar refractivity (Wildman–Crippen MR) is 85.0 cm³/mol. The molecule has 6 heteroatoms. The summed E-state index contributed by atoms with van der Waals surface area (Å²) in [5.41, 5.74) is 0.0819. The van der Waals surface area contributed by atoms with Gasteiger partial charge in [0.2, 0.25) is 0 Å². The summed E-state index contributed by atoms with van der Waals surface area (Å²) in [6, 6.07) is 7.26. The van der Waals surface area contributed by atoms with Crippen molar-refractivity contribution in [1.82, 2.24) is 10.6 Å². The fourth-order valence-electron chi connectivity index (χ4n) is 1.97. The molecule has 21 heavy (non-hydrogen) atoms. The number of carboxylic acid groups (broad SMARTS) is 1. The van der Waals surface area contributed by atoms with E-state index in [1.54, 1.807) is 0 Å². The summed E-state index contributed by atoms with van der Waals surface area (Å²) in [4.78, 5) is 23.1. The van der Waals surface area contributed by atoms with Crippen LogP contribution in [0.25, 0.3) is 0 Å². The Morgan fingerprint density at radius 1 is 1.14 bits per heavy atom. The van der Waals surface area contributed by atoms with Crippen LogP contribution in [0.15, 0.2) is 28.7 Å². The molecule has 0 radical (unpaired) electrons. The molecule has 0 aromatic heterocycles. The third-order valence-electron chi connectivity index (χ3n) is 3.76. The molecule has 5 nitrogen and oxygen atoms in total. The highest BCUT2D eigenvalue weighted by Crippen LogP contribution is 2.25. The zero-order valence-corrected chi connectivity index (χ0v) is 13.9. The van der Waals surface area contributed by atoms with Crippen molar-refractivity contribution in [2.75, 3.05) is 6.54 Å². The van der Waals surface area contributed by atoms with E-state index in [4.69, 9.17) is 0 Å². The topological polar surface area (TPSA) is 78.4 Å². The van der Waals surface area contributed by atoms with Crippen molar-refractivity contribution in [3.63, 3.8) is 0 Å². The molecule has 116 valence electrons. The number of aliphatic carboxylic acids is 1. The first-order valence-corrected chi connectivity index (χ1v) is 7.72. The van der Waals surface area contributed by atoms with E-state index in [0.29, 0.717) is 19.4 Å². The van der Waals surface area contributed by atoms with Crippen molar-refractivity contribution in [2.45, 2.75) is 33.2 Å². The second kappa shape index (κ2) is 8.02. The molecule has 2 amide bonds. The predicted octanol–water partition coefficient (Wildman–Crippen LogP) is 3.14. The summed E-state index contributed by atoms with van der Waals surface area (Å²) in [5.74, 6) is -0.874. The zero-order valence-electron chi connectivity index (χ0n) is 12.3. The Labute approximate surface area is 133 Å². The van der Waals surface area contributed by atoms with E-state index < -0.39 is 11.4 Å². The van der Waals surface area contributed by atoms with Gasteiger partial charge in [-0.15, -0.1) is 0 Å². The molecule has 0 atom stereocenters. The maximum Gasteiger partial charge on any atom is 0.315 e. The summed E-state index contributed by atoms with van der Waals surface area (Å²) in [6.45, 7) is 4.16. The van der Waals surface area contributed by atoms with Crippen LogP contribution in [0, 0.1) is 5.41 Å². The molecular weight excluding hydrogens is 336 g/mol. The second-order valence-corrected chi connectivity index (χ2v) is 5.87. The molecule has 1 aromatic rings. The van der Waals surface area contributed by atoms with Gasteiger partial charge in [-0.25, -0.2) is 4.79 Å². The van der Waals surface area contributed by atoms with Crippen LogP contribution in [0.5, 0.6) is 0 Å². The fraction of sp³-hybridized carbons (Fsp3) is 0.467. The Bertz CT molecular complexity index is 484. The molecule has 0 aliphatic carbocycles. The number of nitrogens with one attached hydrogen (secondary N) is 2. The highest BCUT2D eigenvalue weighted by Gasteiger charge is 2.35. The zero-order chi connectivity index (χ0) is 15.9. The van der Waals surface area contributed by atoms with Crippen LogP contribution in [-0.2, 0) is 11.3 Å². The molecular formula is C15H21BrN2O3. The van der Waals surface area contributed by atoms with Crippen molar-refractivity contribution < 1.29 is 14.7 Å². The first-order valence-electron chi connectivity index (χ1n) is 6.93. The summed E-state index contributed by atoms with van der Waals surface area (Å²) >= 11 is 3.35. The van der Waals surface area contributed by atoms with Gasteiger partial charge in [-0.1, -0.05) is 41.9 Å². The van der Waals surface area contributed by atoms with E-state index >= 15 is 0 Å². The number of urea groups is 1. The summed E-state index contributed by atoms with van der Waals surface area (Å²) in [7, 11) is 0. The lowest BCUT2D eigenvalue weighted by Gasteiger charge is -2.26. The van der Waals surface area contributed by atoms with E-state index in [1.807, 2.05) is 38.1 Å². The molecule has 0 saturated heterocycles. The van der Waals surface area contributed by atoms with E-state index in [-0.39, 0.29) is 12.6 Å². The maximum atomic E-state index is 11.8. The highest BCUT2D eigenvalue weighted by atomic mass is 79.9. The Kier molecular flexibility index (Phi) is 6.68. The molecule has 3 N–H and O–H groups in total. The number of carbonyl (C=O) groups is 2. The van der Waals surface area contributed by atoms with Crippen molar-refractivity contribution in [2.24, 2.45) is 5.41 Å². The van der Waals surface area contributed by atoms with Gasteiger partial charge in [0.1, 0.15) is 0 Å². The van der Waals surface area contributed by atoms with Crippen molar-refractivity contribution in [3.8, 4) is 0 Å². The van der Waals surface area contributed by atoms with E-state index in [2.05, 4.69) is 26.6 Å². The summed E-state index contributed by atoms with van der Waals surface area (Å²) in [6.07, 6.45) is 0.956. The Balaban J connectivity index is 2.46. The molecule has 0 spiro atoms. The normalized spacial score (nSPS) is 11.0. The maximum absolute atomic E-state index is 11.8. The van der Waals surface area contributed by atoms with Crippen molar-refractivity contribution in [3.05, 3.63) is 34.3 Å². The molecule has 0 saturated carbocycles. The minimum Gasteiger partial charge on any atom is -0.481 e. The number of rotatable bonds is 7. The van der Waals surface area contributed by atoms with Gasteiger partial charge in [0.25, 0.3) is 0 Å². The minimum absolute atomic E-state index is 0.126. The lowest BCUT2D eigenvalue weighted by Crippen LogP contribution is -2.45. The Morgan fingerprint density at radius 3 is 2.19 bits per heavy atom. The van der Waals surface area contributed by atoms with Crippen LogP contribution in [-0.4, -0.2) is 23.7 Å². The lowest BCUT2D eigenvalue weighted by molar-refractivity contribution is -0.149. The van der Waals surface area contributed by atoms with E-state index in [9.17, 15) is 14.7 Å². The average molecular weight is 357 g/mol. The van der Waals surface area contributed by atoms with Crippen LogP contribution in [0.2, 0.25) is 0 Å². The standard InChI is InChI=1S/C15H21BrN2O3/c1-3-15(4-2,13(19)20)10-18-14(21)17-9-11-5-7-12(16)8-6-11/h5-8H,3-4,9-10H2,1-2H3,(H,19,20)(H2,17,18,21). The first-order chi connectivity index (χ1) is 9.93. The molecule has 0 aliphatic heterocycles. The van der Waals surface area contributed by atoms with Crippen molar-refractivity contribution in [1.29, 1.82) is 0 Å². The van der Waals surface area contributed by atoms with Gasteiger partial charge < -0.3 is 15.7 Å². The largest absolute Gasteiger partial charge is 0.481 e. The quantitative estimate of drug-likeness (QED) is 0.702. The first kappa shape index (κ1) is 17.5. The van der Waals surface area contributed by atoms with Gasteiger partial charge in [0.05, 0.1) is 5.41 Å². The van der Waals surface area contributed by atoms with E-state index in [0.717, 1.165) is 10.0 Å². The van der Waals surface area contributed by atoms with Crippen LogP contribution in [0.4, 0.5) is 4.79 Å². The Morgan fingerprint density at radius 2 is 1.71 bits per heavy atom. The summed E-state index contributed by atoms with van der Waals surface area (Å²) < 4.78 is 0.979. The van der Waals surface area contributed by atoms with Gasteiger partial charge in [0.15, 0.2) is 0 Å². The molecule has 0 fully saturated rings. The number of amides is 2. The average Bonchev–Trinajstić information content (AvgIpc) is 2.48. The van der Waals surface area contributed by atoms with Crippen LogP contribution in [0.3, 0.4) is 0 Å². The summed E-state index contributed by atoms with van der Waals surface area (Å²) in [5, 5.41) is 14.7. The number of carboxylic acids is 1. The van der Waals surface area contributed by atoms with E-state index in [1.165, 1.54) is 0 Å². The van der Waals surface area contributed by atoms with Gasteiger partial charge in [-0.2, -0.15) is 0 Å². The number of benzene rings is 1. The van der Waals surface area contributed by atoms with Gasteiger partial charge in [0, 0.05) is 17.6 Å². The number of halogens is 1. The fourth-order valence-corrected chi connectivity index (χ4v) is 2.24. The third-order valence-corrected chi connectivity index (χ3v) is 4.29. The monoisotopic (exact) mass is 356 g/mol. The molecule has 1 aromatic carbocycles. The lowest BCUT2D eigenvalue weighted by atomic mass is 9.82. The molecule has 0 unspecified atom stereocenters. The third kappa shape index (κ3) is 5.04. The van der Waals surface area contributed by atoms with Gasteiger partial charge >= 0.3 is 12.0 Å². The minimum atomic E-state index is -0.894. The second-order valence-electron chi connectivity index (χ2n) is 4.96. The van der Waals surface area contributed by atoms with Crippen LogP contribution < -0.4 is 10.6 Å². The number of hydrogen-bond acceptors (Lipinski definition) is 2. The molecule has 1 rings (SSSR count). The highest BCUT2D eigenvalue weighted by molar-refractivity contribution is 9.10. The van der Waals surface area contributed by atoms with Gasteiger partial charge in [-0.3, -0.25) is 4.79 Å². The smallest absolute Gasteiger partial charge is 0.315 e. The van der Waals surface area contributed by atoms with Crippen LogP contribution in [0.1, 0.15) is 32.3 Å². The Hall–Kier alpha value is -1.56.